The number of aliphatic hydroxyl groups excluding tert-OH is 1. The topological polar surface area (TPSA) is 89.9 Å². The van der Waals surface area contributed by atoms with Crippen molar-refractivity contribution in [3.8, 4) is 0 Å². The van der Waals surface area contributed by atoms with Crippen molar-refractivity contribution in [3.63, 3.8) is 0 Å². The van der Waals surface area contributed by atoms with E-state index in [2.05, 4.69) is 5.32 Å². The Labute approximate surface area is 134 Å². The molecule has 0 saturated carbocycles. The summed E-state index contributed by atoms with van der Waals surface area (Å²) in [7, 11) is 5.82. The number of nitrogens with one attached hydrogen (secondary N) is 1. The van der Waals surface area contributed by atoms with Gasteiger partial charge in [-0.15, -0.1) is 11.8 Å². The number of rotatable bonds is 4. The van der Waals surface area contributed by atoms with E-state index >= 15 is 0 Å². The van der Waals surface area contributed by atoms with E-state index in [1.54, 1.807) is 6.92 Å². The van der Waals surface area contributed by atoms with Crippen LogP contribution in [0.15, 0.2) is 10.6 Å². The quantitative estimate of drug-likeness (QED) is 0.488. The lowest BCUT2D eigenvalue weighted by atomic mass is 9.79. The molecule has 2 saturated heterocycles. The Morgan fingerprint density at radius 3 is 2.73 bits per heavy atom. The van der Waals surface area contributed by atoms with Crippen LogP contribution in [0.1, 0.15) is 20.3 Å². The molecule has 3 N–H and O–H groups in total. The largest absolute Gasteiger partial charge is 0.477 e. The van der Waals surface area contributed by atoms with Gasteiger partial charge in [0.25, 0.3) is 0 Å². The van der Waals surface area contributed by atoms with Crippen molar-refractivity contribution in [1.29, 1.82) is 0 Å². The van der Waals surface area contributed by atoms with E-state index in [4.69, 9.17) is 7.85 Å². The number of carbonyl (C=O) groups excluding carboxylic acids is 1. The van der Waals surface area contributed by atoms with Crippen LogP contribution in [0.25, 0.3) is 0 Å². The first-order valence-corrected chi connectivity index (χ1v) is 8.35. The minimum absolute atomic E-state index is 0.0630. The number of carbonyl (C=O) groups is 2. The van der Waals surface area contributed by atoms with Gasteiger partial charge in [0.1, 0.15) is 5.70 Å². The zero-order valence-corrected chi connectivity index (χ0v) is 13.3. The molecule has 0 bridgehead atoms. The third-order valence-corrected chi connectivity index (χ3v) is 6.24. The maximum absolute atomic E-state index is 12.2. The number of thioether (sulfide) groups is 1. The molecule has 3 heterocycles. The third kappa shape index (κ3) is 2.28. The zero-order chi connectivity index (χ0) is 16.2. The third-order valence-electron chi connectivity index (χ3n) is 4.73. The van der Waals surface area contributed by atoms with Gasteiger partial charge in [-0.3, -0.25) is 4.79 Å². The van der Waals surface area contributed by atoms with Gasteiger partial charge >= 0.3 is 5.97 Å². The summed E-state index contributed by atoms with van der Waals surface area (Å²) in [4.78, 5) is 25.9. The number of carboxylic acids is 1. The highest BCUT2D eigenvalue weighted by Gasteiger charge is 2.60. The molecule has 0 aromatic carbocycles. The molecule has 0 spiro atoms. The lowest BCUT2D eigenvalue weighted by molar-refractivity contribution is -0.163. The van der Waals surface area contributed by atoms with Crippen LogP contribution >= 0.6 is 11.8 Å². The number of nitrogens with zero attached hydrogens (tertiary/aromatic N) is 1. The van der Waals surface area contributed by atoms with Crippen molar-refractivity contribution < 1.29 is 19.8 Å². The highest BCUT2D eigenvalue weighted by atomic mass is 32.2. The van der Waals surface area contributed by atoms with Crippen LogP contribution in [-0.2, 0) is 9.59 Å². The summed E-state index contributed by atoms with van der Waals surface area (Å²) < 4.78 is 0. The molecule has 6 atom stereocenters. The second kappa shape index (κ2) is 5.58. The van der Waals surface area contributed by atoms with Crippen LogP contribution < -0.4 is 5.32 Å². The van der Waals surface area contributed by atoms with Gasteiger partial charge in [0.2, 0.25) is 5.91 Å². The second-order valence-electron chi connectivity index (χ2n) is 6.26. The number of hydrogen-bond acceptors (Lipinski definition) is 5. The number of hydrogen-bond donors (Lipinski definition) is 3. The number of β-lactam (4-membered cyclic amide) rings is 1. The Bertz CT molecular complexity index is 553. The van der Waals surface area contributed by atoms with Crippen LogP contribution in [0.4, 0.5) is 0 Å². The van der Waals surface area contributed by atoms with Crippen molar-refractivity contribution in [2.75, 3.05) is 6.54 Å². The molecule has 6 nitrogen and oxygen atoms in total. The molecule has 22 heavy (non-hydrogen) atoms. The molecule has 3 aliphatic rings. The normalized spacial score (nSPS) is 39.0. The molecule has 1 amide bonds. The summed E-state index contributed by atoms with van der Waals surface area (Å²) in [6, 6.07) is -0.246. The number of carboxylic acid groups (broad SMARTS) is 1. The lowest BCUT2D eigenvalue weighted by Gasteiger charge is -2.46. The summed E-state index contributed by atoms with van der Waals surface area (Å²) in [5, 5.41) is 22.7. The van der Waals surface area contributed by atoms with Gasteiger partial charge in [-0.1, -0.05) is 6.92 Å². The monoisotopic (exact) mass is 322 g/mol. The van der Waals surface area contributed by atoms with E-state index in [1.807, 2.05) is 6.92 Å². The summed E-state index contributed by atoms with van der Waals surface area (Å²) in [5.41, 5.74) is 0.0878. The van der Waals surface area contributed by atoms with Crippen LogP contribution in [0.2, 0.25) is 0 Å². The number of amides is 1. The van der Waals surface area contributed by atoms with Crippen molar-refractivity contribution >= 4 is 31.5 Å². The number of aliphatic hydroxyl groups is 1. The van der Waals surface area contributed by atoms with Gasteiger partial charge < -0.3 is 20.4 Å². The van der Waals surface area contributed by atoms with Gasteiger partial charge in [0.15, 0.2) is 0 Å². The summed E-state index contributed by atoms with van der Waals surface area (Å²) in [6.45, 7) is 4.24. The van der Waals surface area contributed by atoms with Crippen LogP contribution in [0, 0.1) is 11.8 Å². The maximum atomic E-state index is 12.2. The van der Waals surface area contributed by atoms with Crippen molar-refractivity contribution in [2.24, 2.45) is 11.8 Å². The molecule has 3 rings (SSSR count). The molecular weight excluding hydrogens is 303 g/mol. The molecule has 0 aliphatic carbocycles. The van der Waals surface area contributed by atoms with Crippen LogP contribution in [0.5, 0.6) is 0 Å². The Kier molecular flexibility index (Phi) is 4.03. The fourth-order valence-electron chi connectivity index (χ4n) is 3.68. The molecule has 2 fully saturated rings. The number of aliphatic carboxylic acids is 1. The van der Waals surface area contributed by atoms with Crippen molar-refractivity contribution in [1.82, 2.24) is 10.2 Å². The van der Waals surface area contributed by atoms with Gasteiger partial charge in [0.05, 0.1) is 25.9 Å². The molecule has 6 unspecified atom stereocenters. The minimum Gasteiger partial charge on any atom is -0.477 e. The fourth-order valence-corrected chi connectivity index (χ4v) is 5.17. The molecule has 0 aromatic heterocycles. The molecule has 8 heteroatoms. The van der Waals surface area contributed by atoms with E-state index in [0.717, 1.165) is 17.9 Å². The first-order chi connectivity index (χ1) is 10.3. The van der Waals surface area contributed by atoms with E-state index in [1.165, 1.54) is 16.7 Å². The SMILES string of the molecule is [B]C1CC(SC2=C(C(=O)O)N3C(=O)C(C(C)O)C3C2C)CN1. The summed E-state index contributed by atoms with van der Waals surface area (Å²) in [6.07, 6.45) is 0.00356. The molecule has 118 valence electrons. The fraction of sp³-hybridized carbons (Fsp3) is 0.714. The average Bonchev–Trinajstić information content (AvgIpc) is 2.92. The average molecular weight is 322 g/mol. The van der Waals surface area contributed by atoms with Gasteiger partial charge in [-0.2, -0.15) is 0 Å². The Morgan fingerprint density at radius 1 is 1.55 bits per heavy atom. The van der Waals surface area contributed by atoms with E-state index in [9.17, 15) is 19.8 Å². The van der Waals surface area contributed by atoms with Crippen molar-refractivity contribution in [2.45, 2.75) is 43.6 Å². The summed E-state index contributed by atoms with van der Waals surface area (Å²) in [5.74, 6) is -2.02. The Morgan fingerprint density at radius 2 is 2.23 bits per heavy atom. The molecule has 3 aliphatic heterocycles. The standard InChI is InChI=1S/C14H19BN2O4S/c1-5-10-9(6(2)18)13(19)17(10)11(14(20)21)12(5)22-7-3-8(15)16-4-7/h5-10,16,18H,3-4H2,1-2H3,(H,20,21). The highest BCUT2D eigenvalue weighted by molar-refractivity contribution is 8.03. The Hall–Kier alpha value is -0.985. The van der Waals surface area contributed by atoms with E-state index in [-0.39, 0.29) is 34.8 Å². The zero-order valence-electron chi connectivity index (χ0n) is 12.5. The highest BCUT2D eigenvalue weighted by Crippen LogP contribution is 2.51. The predicted octanol–water partition coefficient (Wildman–Crippen LogP) is -0.270. The first-order valence-electron chi connectivity index (χ1n) is 7.47. The molecular formula is C14H19BN2O4S. The molecule has 2 radical (unpaired) electrons. The van der Waals surface area contributed by atoms with Crippen LogP contribution in [0.3, 0.4) is 0 Å². The smallest absolute Gasteiger partial charge is 0.353 e. The Balaban J connectivity index is 1.87. The summed E-state index contributed by atoms with van der Waals surface area (Å²) >= 11 is 1.51. The number of fused-ring (bicyclic) bond motifs is 1. The van der Waals surface area contributed by atoms with E-state index in [0.29, 0.717) is 0 Å². The van der Waals surface area contributed by atoms with Crippen LogP contribution in [-0.4, -0.2) is 64.7 Å². The van der Waals surface area contributed by atoms with E-state index < -0.39 is 18.0 Å². The van der Waals surface area contributed by atoms with Gasteiger partial charge in [-0.25, -0.2) is 4.79 Å². The van der Waals surface area contributed by atoms with Crippen molar-refractivity contribution in [3.05, 3.63) is 10.6 Å². The maximum Gasteiger partial charge on any atom is 0.353 e. The second-order valence-corrected chi connectivity index (χ2v) is 7.60. The molecule has 0 aromatic rings. The van der Waals surface area contributed by atoms with Gasteiger partial charge in [-0.05, 0) is 19.3 Å². The van der Waals surface area contributed by atoms with Gasteiger partial charge in [0, 0.05) is 22.6 Å². The lowest BCUT2D eigenvalue weighted by Crippen LogP contribution is -2.63. The predicted molar refractivity (Wildman–Crippen MR) is 83.2 cm³/mol. The first kappa shape index (κ1) is 15.9. The minimum atomic E-state index is -1.08.